The topological polar surface area (TPSA) is 46.6 Å². The van der Waals surface area contributed by atoms with Gasteiger partial charge in [-0.15, -0.1) is 11.6 Å². The Morgan fingerprint density at radius 1 is 1.22 bits per heavy atom. The van der Waals surface area contributed by atoms with E-state index in [1.165, 1.54) is 31.1 Å². The third-order valence-electron chi connectivity index (χ3n) is 3.50. The number of methoxy groups -OCH3 is 1. The van der Waals surface area contributed by atoms with Crippen LogP contribution in [0.3, 0.4) is 0 Å². The van der Waals surface area contributed by atoms with Crippen LogP contribution >= 0.6 is 11.6 Å². The van der Waals surface area contributed by atoms with Gasteiger partial charge in [0.05, 0.1) is 18.7 Å². The van der Waals surface area contributed by atoms with E-state index in [1.54, 1.807) is 6.92 Å². The number of carbonyl (C=O) groups excluding carboxylic acids is 2. The molecule has 4 nitrogen and oxygen atoms in total. The molecule has 1 aromatic carbocycles. The highest BCUT2D eigenvalue weighted by Crippen LogP contribution is 2.31. The fourth-order valence-electron chi connectivity index (χ4n) is 2.23. The Morgan fingerprint density at radius 3 is 2.13 bits per heavy atom. The highest BCUT2D eigenvalue weighted by atomic mass is 35.5. The van der Waals surface area contributed by atoms with Crippen molar-refractivity contribution in [1.82, 2.24) is 4.90 Å². The van der Waals surface area contributed by atoms with E-state index in [4.69, 9.17) is 11.6 Å². The van der Waals surface area contributed by atoms with Crippen LogP contribution in [0.1, 0.15) is 31.0 Å². The molecule has 0 fully saturated rings. The first kappa shape index (κ1) is 19.3. The zero-order chi connectivity index (χ0) is 17.8. The predicted molar refractivity (Wildman–Crippen MR) is 78.9 cm³/mol. The summed E-state index contributed by atoms with van der Waals surface area (Å²) in [4.78, 5) is 24.9. The molecule has 1 aromatic rings. The molecule has 1 rings (SSSR count). The Labute approximate surface area is 137 Å². The van der Waals surface area contributed by atoms with Crippen LogP contribution in [0.5, 0.6) is 0 Å². The number of rotatable bonds is 5. The number of halogens is 4. The molecule has 8 heteroatoms. The number of hydrogen-bond donors (Lipinski definition) is 0. The fourth-order valence-corrected chi connectivity index (χ4v) is 2.37. The molecular weight excluding hydrogens is 335 g/mol. The minimum absolute atomic E-state index is 0.355. The third kappa shape index (κ3) is 4.60. The van der Waals surface area contributed by atoms with Gasteiger partial charge in [-0.1, -0.05) is 12.1 Å². The van der Waals surface area contributed by atoms with Gasteiger partial charge in [-0.25, -0.2) is 4.79 Å². The van der Waals surface area contributed by atoms with E-state index in [9.17, 15) is 22.8 Å². The van der Waals surface area contributed by atoms with Crippen LogP contribution in [-0.4, -0.2) is 35.8 Å². The zero-order valence-corrected chi connectivity index (χ0v) is 13.6. The van der Waals surface area contributed by atoms with Crippen molar-refractivity contribution in [1.29, 1.82) is 0 Å². The smallest absolute Gasteiger partial charge is 0.416 e. The van der Waals surface area contributed by atoms with Crippen molar-refractivity contribution in [2.75, 3.05) is 13.0 Å². The summed E-state index contributed by atoms with van der Waals surface area (Å²) in [5.41, 5.74) is -0.336. The van der Waals surface area contributed by atoms with E-state index in [-0.39, 0.29) is 5.88 Å². The molecule has 0 saturated heterocycles. The monoisotopic (exact) mass is 351 g/mol. The van der Waals surface area contributed by atoms with Crippen LogP contribution < -0.4 is 0 Å². The minimum atomic E-state index is -4.44. The van der Waals surface area contributed by atoms with Gasteiger partial charge in [0.2, 0.25) is 5.91 Å². The van der Waals surface area contributed by atoms with Gasteiger partial charge >= 0.3 is 12.1 Å². The lowest BCUT2D eigenvalue weighted by Gasteiger charge is -2.33. The number of nitrogens with zero attached hydrogens (tertiary/aromatic N) is 1. The Hall–Kier alpha value is -1.76. The molecule has 0 spiro atoms. The molecule has 0 unspecified atom stereocenters. The Bertz CT molecular complexity index is 560. The minimum Gasteiger partial charge on any atom is -0.467 e. The van der Waals surface area contributed by atoms with E-state index in [0.29, 0.717) is 5.56 Å². The summed E-state index contributed by atoms with van der Waals surface area (Å²) in [6, 6.07) is 2.84. The average molecular weight is 352 g/mol. The van der Waals surface area contributed by atoms with Crippen LogP contribution in [0.2, 0.25) is 0 Å². The number of amides is 1. The Balaban J connectivity index is 3.12. The summed E-state index contributed by atoms with van der Waals surface area (Å²) in [6.45, 7) is 3.07. The van der Waals surface area contributed by atoms with Crippen molar-refractivity contribution in [3.8, 4) is 0 Å². The maximum absolute atomic E-state index is 12.6. The van der Waals surface area contributed by atoms with E-state index in [1.807, 2.05) is 0 Å². The second kappa shape index (κ2) is 7.68. The van der Waals surface area contributed by atoms with E-state index >= 15 is 0 Å². The maximum atomic E-state index is 12.6. The third-order valence-corrected chi connectivity index (χ3v) is 3.73. The molecule has 0 saturated carbocycles. The summed E-state index contributed by atoms with van der Waals surface area (Å²) in [5, 5.41) is 0. The standard InChI is InChI=1S/C15H17ClF3NO3/c1-9(11-4-6-12(7-5-11)15(17,18)19)20(13(21)8-16)10(2)14(22)23-3/h4-7,9-10H,8H2,1-3H3/t9-,10+/m1/s1. The lowest BCUT2D eigenvalue weighted by Crippen LogP contribution is -2.45. The van der Waals surface area contributed by atoms with Gasteiger partial charge in [-0.3, -0.25) is 4.79 Å². The largest absolute Gasteiger partial charge is 0.467 e. The lowest BCUT2D eigenvalue weighted by molar-refractivity contribution is -0.153. The van der Waals surface area contributed by atoms with Crippen molar-refractivity contribution < 1.29 is 27.5 Å². The lowest BCUT2D eigenvalue weighted by atomic mass is 10.0. The first-order valence-electron chi connectivity index (χ1n) is 6.75. The van der Waals surface area contributed by atoms with Crippen LogP contribution in [0, 0.1) is 0 Å². The van der Waals surface area contributed by atoms with Crippen LogP contribution in [-0.2, 0) is 20.5 Å². The molecule has 0 N–H and O–H groups in total. The molecule has 0 aliphatic heterocycles. The van der Waals surface area contributed by atoms with Crippen molar-refractivity contribution in [3.05, 3.63) is 35.4 Å². The first-order valence-corrected chi connectivity index (χ1v) is 7.29. The SMILES string of the molecule is COC(=O)[C@H](C)N(C(=O)CCl)[C@H](C)c1ccc(C(F)(F)F)cc1. The molecule has 0 heterocycles. The van der Waals surface area contributed by atoms with Crippen LogP contribution in [0.4, 0.5) is 13.2 Å². The molecule has 0 bridgehead atoms. The van der Waals surface area contributed by atoms with E-state index < -0.39 is 35.7 Å². The molecular formula is C15H17ClF3NO3. The van der Waals surface area contributed by atoms with Crippen molar-refractivity contribution >= 4 is 23.5 Å². The second-order valence-corrected chi connectivity index (χ2v) is 5.20. The first-order chi connectivity index (χ1) is 10.6. The quantitative estimate of drug-likeness (QED) is 0.603. The van der Waals surface area contributed by atoms with Crippen molar-refractivity contribution in [2.45, 2.75) is 32.1 Å². The summed E-state index contributed by atoms with van der Waals surface area (Å²) in [7, 11) is 1.19. The van der Waals surface area contributed by atoms with Crippen LogP contribution in [0.25, 0.3) is 0 Å². The summed E-state index contributed by atoms with van der Waals surface area (Å²) in [6.07, 6.45) is -4.44. The number of alkyl halides is 4. The van der Waals surface area contributed by atoms with E-state index in [0.717, 1.165) is 12.1 Å². The molecule has 0 aliphatic rings. The summed E-state index contributed by atoms with van der Waals surface area (Å²) < 4.78 is 42.4. The van der Waals surface area contributed by atoms with Gasteiger partial charge in [0.1, 0.15) is 11.9 Å². The highest BCUT2D eigenvalue weighted by molar-refractivity contribution is 6.27. The van der Waals surface area contributed by atoms with Gasteiger partial charge in [0, 0.05) is 0 Å². The number of ether oxygens (including phenoxy) is 1. The normalized spacial score (nSPS) is 14.0. The van der Waals surface area contributed by atoms with Gasteiger partial charge in [-0.05, 0) is 31.5 Å². The molecule has 128 valence electrons. The number of carbonyl (C=O) groups is 2. The highest BCUT2D eigenvalue weighted by Gasteiger charge is 2.33. The molecule has 0 radical (unpaired) electrons. The molecule has 23 heavy (non-hydrogen) atoms. The summed E-state index contributed by atoms with van der Waals surface area (Å²) >= 11 is 5.56. The zero-order valence-electron chi connectivity index (χ0n) is 12.9. The average Bonchev–Trinajstić information content (AvgIpc) is 2.52. The number of hydrogen-bond acceptors (Lipinski definition) is 3. The fraction of sp³-hybridized carbons (Fsp3) is 0.467. The predicted octanol–water partition coefficient (Wildman–Crippen LogP) is 3.40. The van der Waals surface area contributed by atoms with Gasteiger partial charge < -0.3 is 9.64 Å². The Morgan fingerprint density at radius 2 is 1.74 bits per heavy atom. The van der Waals surface area contributed by atoms with Crippen LogP contribution in [0.15, 0.2) is 24.3 Å². The number of esters is 1. The molecule has 0 aromatic heterocycles. The van der Waals surface area contributed by atoms with Crippen molar-refractivity contribution in [3.63, 3.8) is 0 Å². The second-order valence-electron chi connectivity index (χ2n) is 4.93. The number of benzene rings is 1. The molecule has 0 aliphatic carbocycles. The van der Waals surface area contributed by atoms with E-state index in [2.05, 4.69) is 4.74 Å². The molecule has 2 atom stereocenters. The van der Waals surface area contributed by atoms with Gasteiger partial charge in [0.25, 0.3) is 0 Å². The Kier molecular flexibility index (Phi) is 6.44. The van der Waals surface area contributed by atoms with Gasteiger partial charge in [-0.2, -0.15) is 13.2 Å². The van der Waals surface area contributed by atoms with Gasteiger partial charge in [0.15, 0.2) is 0 Å². The summed E-state index contributed by atoms with van der Waals surface area (Å²) in [5.74, 6) is -1.51. The molecule has 1 amide bonds. The van der Waals surface area contributed by atoms with Crippen molar-refractivity contribution in [2.24, 2.45) is 0 Å². The maximum Gasteiger partial charge on any atom is 0.416 e.